The van der Waals surface area contributed by atoms with Crippen LogP contribution in [-0.2, 0) is 11.3 Å². The Hall–Kier alpha value is -0.360. The van der Waals surface area contributed by atoms with Crippen molar-refractivity contribution in [1.82, 2.24) is 9.88 Å². The summed E-state index contributed by atoms with van der Waals surface area (Å²) in [6.07, 6.45) is 3.21. The average molecular weight is 340 g/mol. The molecule has 7 heteroatoms. The zero-order valence-electron chi connectivity index (χ0n) is 11.9. The van der Waals surface area contributed by atoms with E-state index >= 15 is 0 Å². The summed E-state index contributed by atoms with van der Waals surface area (Å²) in [4.78, 5) is 18.6. The molecule has 0 unspecified atom stereocenters. The molecule has 0 spiro atoms. The van der Waals surface area contributed by atoms with E-state index in [1.807, 2.05) is 19.4 Å². The van der Waals surface area contributed by atoms with Crippen LogP contribution in [0.2, 0.25) is 0 Å². The van der Waals surface area contributed by atoms with Gasteiger partial charge in [-0.3, -0.25) is 4.79 Å². The van der Waals surface area contributed by atoms with Gasteiger partial charge in [0.2, 0.25) is 5.91 Å². The van der Waals surface area contributed by atoms with Crippen LogP contribution < -0.4 is 5.73 Å². The van der Waals surface area contributed by atoms with Gasteiger partial charge in [-0.15, -0.1) is 36.2 Å². The maximum Gasteiger partial charge on any atom is 0.226 e. The van der Waals surface area contributed by atoms with Crippen molar-refractivity contribution in [1.29, 1.82) is 0 Å². The van der Waals surface area contributed by atoms with Gasteiger partial charge >= 0.3 is 0 Å². The maximum atomic E-state index is 12.4. The highest BCUT2D eigenvalue weighted by Crippen LogP contribution is 2.32. The van der Waals surface area contributed by atoms with Gasteiger partial charge in [0.15, 0.2) is 0 Å². The fourth-order valence-electron chi connectivity index (χ4n) is 2.73. The Labute approximate surface area is 137 Å². The minimum atomic E-state index is 0. The third-order valence-corrected chi connectivity index (χ3v) is 4.54. The van der Waals surface area contributed by atoms with E-state index in [-0.39, 0.29) is 36.6 Å². The first-order chi connectivity index (χ1) is 8.61. The molecule has 1 fully saturated rings. The highest BCUT2D eigenvalue weighted by Gasteiger charge is 2.33. The molecule has 1 heterocycles. The van der Waals surface area contributed by atoms with Crippen LogP contribution in [0.4, 0.5) is 0 Å². The van der Waals surface area contributed by atoms with E-state index in [0.717, 1.165) is 30.0 Å². The van der Waals surface area contributed by atoms with Crippen molar-refractivity contribution in [2.75, 3.05) is 13.6 Å². The number of carbonyl (C=O) groups is 1. The molecule has 0 aliphatic heterocycles. The van der Waals surface area contributed by atoms with Crippen LogP contribution in [0, 0.1) is 18.8 Å². The molecule has 2 rings (SSSR count). The number of thiazole rings is 1. The van der Waals surface area contributed by atoms with E-state index in [1.54, 1.807) is 16.2 Å². The van der Waals surface area contributed by atoms with Crippen molar-refractivity contribution in [2.45, 2.75) is 32.7 Å². The largest absolute Gasteiger partial charge is 0.340 e. The molecule has 1 amide bonds. The van der Waals surface area contributed by atoms with Crippen molar-refractivity contribution in [3.05, 3.63) is 16.1 Å². The van der Waals surface area contributed by atoms with Crippen molar-refractivity contribution < 1.29 is 4.79 Å². The molecule has 0 aromatic carbocycles. The Morgan fingerprint density at radius 2 is 2.20 bits per heavy atom. The predicted molar refractivity (Wildman–Crippen MR) is 87.7 cm³/mol. The van der Waals surface area contributed by atoms with Crippen LogP contribution in [0.1, 0.15) is 30.0 Å². The second-order valence-corrected chi connectivity index (χ2v) is 6.15. The minimum absolute atomic E-state index is 0. The molecule has 20 heavy (non-hydrogen) atoms. The van der Waals surface area contributed by atoms with E-state index in [4.69, 9.17) is 5.73 Å². The molecule has 4 nitrogen and oxygen atoms in total. The molecular weight excluding hydrogens is 317 g/mol. The van der Waals surface area contributed by atoms with Gasteiger partial charge in [-0.25, -0.2) is 4.98 Å². The number of halogens is 2. The summed E-state index contributed by atoms with van der Waals surface area (Å²) in [5, 5.41) is 3.07. The first-order valence-corrected chi connectivity index (χ1v) is 7.36. The fraction of sp³-hybridized carbons (Fsp3) is 0.692. The summed E-state index contributed by atoms with van der Waals surface area (Å²) in [7, 11) is 1.86. The lowest BCUT2D eigenvalue weighted by Crippen LogP contribution is -2.36. The predicted octanol–water partition coefficient (Wildman–Crippen LogP) is 2.63. The van der Waals surface area contributed by atoms with Crippen LogP contribution >= 0.6 is 36.2 Å². The van der Waals surface area contributed by atoms with Gasteiger partial charge in [0.1, 0.15) is 0 Å². The lowest BCUT2D eigenvalue weighted by Gasteiger charge is -2.23. The number of nitrogens with zero attached hydrogens (tertiary/aromatic N) is 2. The average Bonchev–Trinajstić information content (AvgIpc) is 2.96. The Morgan fingerprint density at radius 3 is 2.75 bits per heavy atom. The first kappa shape index (κ1) is 19.6. The standard InChI is InChI=1S/C13H21N3OS.2ClH/c1-9-15-11(8-18-9)7-16(2)13(17)12-5-3-4-10(12)6-14;;/h8,10,12H,3-7,14H2,1-2H3;2*1H/t10-,12-;;/m1../s1. The third kappa shape index (κ3) is 4.58. The van der Waals surface area contributed by atoms with Gasteiger partial charge in [0.25, 0.3) is 0 Å². The Balaban J connectivity index is 0.00000180. The Morgan fingerprint density at radius 1 is 1.50 bits per heavy atom. The van der Waals surface area contributed by atoms with Gasteiger partial charge < -0.3 is 10.6 Å². The zero-order chi connectivity index (χ0) is 13.1. The van der Waals surface area contributed by atoms with Gasteiger partial charge in [-0.05, 0) is 32.2 Å². The van der Waals surface area contributed by atoms with Crippen LogP contribution in [0.25, 0.3) is 0 Å². The summed E-state index contributed by atoms with van der Waals surface area (Å²) in [6.45, 7) is 3.22. The Kier molecular flexibility index (Phi) is 8.66. The lowest BCUT2D eigenvalue weighted by atomic mass is 9.95. The number of rotatable bonds is 4. The zero-order valence-corrected chi connectivity index (χ0v) is 14.3. The van der Waals surface area contributed by atoms with Crippen molar-refractivity contribution in [3.8, 4) is 0 Å². The highest BCUT2D eigenvalue weighted by atomic mass is 35.5. The molecule has 116 valence electrons. The number of amides is 1. The number of aromatic nitrogens is 1. The highest BCUT2D eigenvalue weighted by molar-refractivity contribution is 7.09. The first-order valence-electron chi connectivity index (χ1n) is 6.48. The van der Waals surface area contributed by atoms with Crippen molar-refractivity contribution >= 4 is 42.1 Å². The van der Waals surface area contributed by atoms with Crippen LogP contribution in [0.5, 0.6) is 0 Å². The fourth-order valence-corrected chi connectivity index (χ4v) is 3.33. The number of nitrogens with two attached hydrogens (primary N) is 1. The summed E-state index contributed by atoms with van der Waals surface area (Å²) >= 11 is 1.63. The topological polar surface area (TPSA) is 59.2 Å². The second kappa shape index (κ2) is 8.82. The van der Waals surface area contributed by atoms with Gasteiger partial charge in [-0.1, -0.05) is 6.42 Å². The van der Waals surface area contributed by atoms with E-state index in [0.29, 0.717) is 19.0 Å². The van der Waals surface area contributed by atoms with E-state index in [9.17, 15) is 4.79 Å². The molecule has 1 aliphatic rings. The van der Waals surface area contributed by atoms with Crippen LogP contribution in [-0.4, -0.2) is 29.4 Å². The van der Waals surface area contributed by atoms with Gasteiger partial charge in [0, 0.05) is 18.3 Å². The maximum absolute atomic E-state index is 12.4. The monoisotopic (exact) mass is 339 g/mol. The number of carbonyl (C=O) groups excluding carboxylic acids is 1. The molecule has 0 bridgehead atoms. The number of hydrogen-bond donors (Lipinski definition) is 1. The quantitative estimate of drug-likeness (QED) is 0.917. The smallest absolute Gasteiger partial charge is 0.226 e. The third-order valence-electron chi connectivity index (χ3n) is 3.72. The van der Waals surface area contributed by atoms with Crippen LogP contribution in [0.3, 0.4) is 0 Å². The molecule has 2 atom stereocenters. The van der Waals surface area contributed by atoms with Crippen LogP contribution in [0.15, 0.2) is 5.38 Å². The van der Waals surface area contributed by atoms with E-state index < -0.39 is 0 Å². The van der Waals surface area contributed by atoms with Gasteiger partial charge in [0.05, 0.1) is 17.2 Å². The van der Waals surface area contributed by atoms with E-state index in [2.05, 4.69) is 4.98 Å². The second-order valence-electron chi connectivity index (χ2n) is 5.09. The van der Waals surface area contributed by atoms with Crippen molar-refractivity contribution in [3.63, 3.8) is 0 Å². The van der Waals surface area contributed by atoms with E-state index in [1.165, 1.54) is 0 Å². The summed E-state index contributed by atoms with van der Waals surface area (Å²) < 4.78 is 0. The molecular formula is C13H23Cl2N3OS. The molecule has 1 aliphatic carbocycles. The molecule has 0 saturated heterocycles. The molecule has 0 radical (unpaired) electrons. The summed E-state index contributed by atoms with van der Waals surface area (Å²) in [5.41, 5.74) is 6.72. The lowest BCUT2D eigenvalue weighted by molar-refractivity contribution is -0.135. The molecule has 2 N–H and O–H groups in total. The summed E-state index contributed by atoms with van der Waals surface area (Å²) in [6, 6.07) is 0. The molecule has 1 saturated carbocycles. The van der Waals surface area contributed by atoms with Crippen molar-refractivity contribution in [2.24, 2.45) is 17.6 Å². The molecule has 1 aromatic rings. The normalized spacial score (nSPS) is 20.9. The molecule has 1 aromatic heterocycles. The minimum Gasteiger partial charge on any atom is -0.340 e. The SMILES string of the molecule is Cc1nc(CN(C)C(=O)[C@@H]2CCC[C@@H]2CN)cs1.Cl.Cl. The van der Waals surface area contributed by atoms with Gasteiger partial charge in [-0.2, -0.15) is 0 Å². The number of aryl methyl sites for hydroxylation is 1. The number of hydrogen-bond acceptors (Lipinski definition) is 4. The Bertz CT molecular complexity index is 428. The summed E-state index contributed by atoms with van der Waals surface area (Å²) in [5.74, 6) is 0.727.